The second kappa shape index (κ2) is 2.67. The average molecular weight is 187 g/mol. The second-order valence-electron chi connectivity index (χ2n) is 1.14. The standard InChI is InChI=1S/C3H7BrO2S/c1-2-7(5,6)3-4/h2-3H2,1H3. The molecule has 0 aromatic rings. The minimum absolute atomic E-state index is 0.0799. The van der Waals surface area contributed by atoms with Gasteiger partial charge in [0, 0.05) is 5.75 Å². The molecular formula is C3H7BrO2S. The second-order valence-corrected chi connectivity index (χ2v) is 4.80. The lowest BCUT2D eigenvalue weighted by Gasteiger charge is -1.87. The molecule has 0 aromatic heterocycles. The van der Waals surface area contributed by atoms with E-state index in [0.717, 1.165) is 0 Å². The van der Waals surface area contributed by atoms with E-state index >= 15 is 0 Å². The van der Waals surface area contributed by atoms with E-state index in [-0.39, 0.29) is 10.4 Å². The molecule has 0 radical (unpaired) electrons. The number of alkyl halides is 1. The molecule has 0 amide bonds. The van der Waals surface area contributed by atoms with Crippen molar-refractivity contribution in [3.8, 4) is 0 Å². The van der Waals surface area contributed by atoms with Gasteiger partial charge < -0.3 is 0 Å². The van der Waals surface area contributed by atoms with Crippen molar-refractivity contribution in [2.24, 2.45) is 0 Å². The molecule has 0 heterocycles. The summed E-state index contributed by atoms with van der Waals surface area (Å²) in [6.07, 6.45) is 0. The first-order valence-corrected chi connectivity index (χ1v) is 4.83. The molecule has 0 aliphatic heterocycles. The molecule has 0 atom stereocenters. The van der Waals surface area contributed by atoms with Crippen LogP contribution >= 0.6 is 15.9 Å². The highest BCUT2D eigenvalue weighted by molar-refractivity contribution is 9.10. The summed E-state index contributed by atoms with van der Waals surface area (Å²) in [6.45, 7) is 1.62. The van der Waals surface area contributed by atoms with Crippen LogP contribution in [0.25, 0.3) is 0 Å². The molecule has 0 aliphatic rings. The largest absolute Gasteiger partial charge is 0.228 e. The highest BCUT2D eigenvalue weighted by atomic mass is 79.9. The number of hydrogen-bond acceptors (Lipinski definition) is 2. The van der Waals surface area contributed by atoms with E-state index in [1.165, 1.54) is 0 Å². The third-order valence-electron chi connectivity index (χ3n) is 0.606. The summed E-state index contributed by atoms with van der Waals surface area (Å²) >= 11 is 2.84. The van der Waals surface area contributed by atoms with Crippen molar-refractivity contribution in [1.82, 2.24) is 0 Å². The fraction of sp³-hybridized carbons (Fsp3) is 1.00. The fourth-order valence-corrected chi connectivity index (χ4v) is 1.20. The van der Waals surface area contributed by atoms with E-state index in [4.69, 9.17) is 0 Å². The van der Waals surface area contributed by atoms with E-state index in [2.05, 4.69) is 15.9 Å². The van der Waals surface area contributed by atoms with Gasteiger partial charge in [-0.05, 0) is 0 Å². The zero-order valence-corrected chi connectivity index (χ0v) is 6.42. The van der Waals surface area contributed by atoms with Gasteiger partial charge in [-0.3, -0.25) is 0 Å². The summed E-state index contributed by atoms with van der Waals surface area (Å²) in [5.74, 6) is 0.220. The van der Waals surface area contributed by atoms with Crippen LogP contribution in [-0.2, 0) is 9.84 Å². The van der Waals surface area contributed by atoms with Crippen LogP contribution in [0.3, 0.4) is 0 Å². The summed E-state index contributed by atoms with van der Waals surface area (Å²) in [7, 11) is -2.74. The predicted octanol–water partition coefficient (Wildman–Crippen LogP) is 0.774. The molecule has 2 nitrogen and oxygen atoms in total. The Morgan fingerprint density at radius 2 is 2.00 bits per heavy atom. The number of sulfone groups is 1. The lowest BCUT2D eigenvalue weighted by molar-refractivity contribution is 0.602. The Kier molecular flexibility index (Phi) is 2.83. The van der Waals surface area contributed by atoms with Crippen LogP contribution in [-0.4, -0.2) is 18.8 Å². The van der Waals surface area contributed by atoms with Crippen LogP contribution in [0.5, 0.6) is 0 Å². The molecular weight excluding hydrogens is 180 g/mol. The first-order valence-electron chi connectivity index (χ1n) is 1.89. The molecule has 0 rings (SSSR count). The van der Waals surface area contributed by atoms with Gasteiger partial charge in [0.15, 0.2) is 9.84 Å². The van der Waals surface area contributed by atoms with Gasteiger partial charge in [0.1, 0.15) is 4.66 Å². The molecule has 0 saturated heterocycles. The predicted molar refractivity (Wildman–Crippen MR) is 33.3 cm³/mol. The van der Waals surface area contributed by atoms with Gasteiger partial charge in [-0.15, -0.1) is 0 Å². The van der Waals surface area contributed by atoms with Gasteiger partial charge in [-0.25, -0.2) is 8.42 Å². The van der Waals surface area contributed by atoms with E-state index in [1.54, 1.807) is 6.92 Å². The van der Waals surface area contributed by atoms with Crippen molar-refractivity contribution in [2.75, 3.05) is 10.4 Å². The summed E-state index contributed by atoms with van der Waals surface area (Å²) in [4.78, 5) is 0. The highest BCUT2D eigenvalue weighted by Gasteiger charge is 2.00. The zero-order chi connectivity index (χ0) is 5.91. The molecule has 44 valence electrons. The maximum absolute atomic E-state index is 10.3. The van der Waals surface area contributed by atoms with Crippen LogP contribution in [0.15, 0.2) is 0 Å². The quantitative estimate of drug-likeness (QED) is 0.598. The molecule has 0 aromatic carbocycles. The molecule has 0 N–H and O–H groups in total. The first kappa shape index (κ1) is 7.43. The third-order valence-corrected chi connectivity index (χ3v) is 3.91. The minimum atomic E-state index is -2.74. The summed E-state index contributed by atoms with van der Waals surface area (Å²) in [5, 5.41) is 0. The van der Waals surface area contributed by atoms with Crippen LogP contribution in [0.2, 0.25) is 0 Å². The number of rotatable bonds is 2. The smallest absolute Gasteiger partial charge is 0.159 e. The van der Waals surface area contributed by atoms with E-state index < -0.39 is 9.84 Å². The maximum Gasteiger partial charge on any atom is 0.159 e. The Hall–Kier alpha value is 0.430. The fourth-order valence-electron chi connectivity index (χ4n) is 0.0772. The summed E-state index contributed by atoms with van der Waals surface area (Å²) < 4.78 is 20.7. The average Bonchev–Trinajstić information content (AvgIpc) is 1.68. The van der Waals surface area contributed by atoms with E-state index in [9.17, 15) is 8.42 Å². The lowest BCUT2D eigenvalue weighted by atomic mass is 11.0. The molecule has 0 bridgehead atoms. The van der Waals surface area contributed by atoms with Crippen molar-refractivity contribution >= 4 is 25.8 Å². The van der Waals surface area contributed by atoms with Crippen molar-refractivity contribution < 1.29 is 8.42 Å². The third kappa shape index (κ3) is 3.05. The van der Waals surface area contributed by atoms with E-state index in [0.29, 0.717) is 0 Å². The molecule has 4 heteroatoms. The number of hydrogen-bond donors (Lipinski definition) is 0. The zero-order valence-electron chi connectivity index (χ0n) is 4.02. The Bertz CT molecular complexity index is 116. The monoisotopic (exact) mass is 186 g/mol. The van der Waals surface area contributed by atoms with E-state index in [1.807, 2.05) is 0 Å². The molecule has 0 fully saturated rings. The van der Waals surface area contributed by atoms with Crippen molar-refractivity contribution in [1.29, 1.82) is 0 Å². The van der Waals surface area contributed by atoms with Crippen LogP contribution in [0.1, 0.15) is 6.92 Å². The van der Waals surface area contributed by atoms with Crippen LogP contribution in [0, 0.1) is 0 Å². The molecule has 0 aliphatic carbocycles. The van der Waals surface area contributed by atoms with Crippen molar-refractivity contribution in [3.05, 3.63) is 0 Å². The lowest BCUT2D eigenvalue weighted by Crippen LogP contribution is -2.02. The molecule has 7 heavy (non-hydrogen) atoms. The van der Waals surface area contributed by atoms with Crippen LogP contribution in [0.4, 0.5) is 0 Å². The normalized spacial score (nSPS) is 11.7. The van der Waals surface area contributed by atoms with Gasteiger partial charge in [-0.2, -0.15) is 0 Å². The van der Waals surface area contributed by atoms with Crippen molar-refractivity contribution in [2.45, 2.75) is 6.92 Å². The van der Waals surface area contributed by atoms with Gasteiger partial charge in [-0.1, -0.05) is 22.9 Å². The Labute approximate surface area is 52.0 Å². The molecule has 0 unspecified atom stereocenters. The van der Waals surface area contributed by atoms with Gasteiger partial charge >= 0.3 is 0 Å². The van der Waals surface area contributed by atoms with Gasteiger partial charge in [0.25, 0.3) is 0 Å². The van der Waals surface area contributed by atoms with Crippen LogP contribution < -0.4 is 0 Å². The Morgan fingerprint density at radius 3 is 2.00 bits per heavy atom. The maximum atomic E-state index is 10.3. The first-order chi connectivity index (χ1) is 3.12. The summed E-state index contributed by atoms with van der Waals surface area (Å²) in [6, 6.07) is 0. The van der Waals surface area contributed by atoms with Crippen molar-refractivity contribution in [3.63, 3.8) is 0 Å². The Balaban J connectivity index is 3.89. The molecule has 0 saturated carbocycles. The summed E-state index contributed by atoms with van der Waals surface area (Å²) in [5.41, 5.74) is 0. The minimum Gasteiger partial charge on any atom is -0.228 e. The highest BCUT2D eigenvalue weighted by Crippen LogP contribution is 1.92. The van der Waals surface area contributed by atoms with Gasteiger partial charge in [0.05, 0.1) is 0 Å². The number of halogens is 1. The molecule has 0 spiro atoms. The SMILES string of the molecule is CCS(=O)(=O)CBr. The Morgan fingerprint density at radius 1 is 1.57 bits per heavy atom. The topological polar surface area (TPSA) is 34.1 Å². The van der Waals surface area contributed by atoms with Gasteiger partial charge in [0.2, 0.25) is 0 Å².